The first-order valence-corrected chi connectivity index (χ1v) is 6.98. The van der Waals surface area contributed by atoms with Gasteiger partial charge >= 0.3 is 0 Å². The zero-order chi connectivity index (χ0) is 15.5. The number of hydrogen-bond donors (Lipinski definition) is 1. The molecular formula is C18H15FN2O. The maximum atomic E-state index is 14.7. The normalized spacial score (nSPS) is 12.1. The standard InChI is InChI=1S/C18H15FN2O/c1-12-6-4-9-15(20-12)18(19)16-10-5-8-14(21-16)13-7-2-3-11-17(13)22/h2-11,18,22H,1H3. The van der Waals surface area contributed by atoms with E-state index in [1.165, 1.54) is 0 Å². The quantitative estimate of drug-likeness (QED) is 0.786. The summed E-state index contributed by atoms with van der Waals surface area (Å²) >= 11 is 0. The Morgan fingerprint density at radius 1 is 0.864 bits per heavy atom. The highest BCUT2D eigenvalue weighted by molar-refractivity contribution is 5.66. The maximum absolute atomic E-state index is 14.7. The Balaban J connectivity index is 1.99. The first kappa shape index (κ1) is 14.2. The number of alkyl halides is 1. The van der Waals surface area contributed by atoms with E-state index in [-0.39, 0.29) is 11.4 Å². The van der Waals surface area contributed by atoms with Crippen LogP contribution in [0.2, 0.25) is 0 Å². The van der Waals surface area contributed by atoms with Crippen LogP contribution in [0, 0.1) is 6.92 Å². The van der Waals surface area contributed by atoms with Crippen molar-refractivity contribution in [2.24, 2.45) is 0 Å². The summed E-state index contributed by atoms with van der Waals surface area (Å²) in [5.74, 6) is 0.122. The second-order valence-electron chi connectivity index (χ2n) is 5.03. The van der Waals surface area contributed by atoms with E-state index in [9.17, 15) is 9.50 Å². The van der Waals surface area contributed by atoms with Crippen LogP contribution >= 0.6 is 0 Å². The number of rotatable bonds is 3. The molecule has 0 saturated heterocycles. The molecule has 110 valence electrons. The van der Waals surface area contributed by atoms with Crippen molar-refractivity contribution in [3.8, 4) is 17.0 Å². The van der Waals surface area contributed by atoms with E-state index in [4.69, 9.17) is 0 Å². The Morgan fingerprint density at radius 3 is 2.27 bits per heavy atom. The Hall–Kier alpha value is -2.75. The number of hydrogen-bond acceptors (Lipinski definition) is 3. The fourth-order valence-corrected chi connectivity index (χ4v) is 2.29. The van der Waals surface area contributed by atoms with Crippen molar-refractivity contribution in [3.63, 3.8) is 0 Å². The van der Waals surface area contributed by atoms with Crippen LogP contribution in [-0.2, 0) is 0 Å². The molecule has 0 radical (unpaired) electrons. The van der Waals surface area contributed by atoms with Crippen LogP contribution in [0.25, 0.3) is 11.3 Å². The van der Waals surface area contributed by atoms with Crippen molar-refractivity contribution in [1.29, 1.82) is 0 Å². The highest BCUT2D eigenvalue weighted by Gasteiger charge is 2.17. The summed E-state index contributed by atoms with van der Waals surface area (Å²) in [4.78, 5) is 8.54. The van der Waals surface area contributed by atoms with Gasteiger partial charge in [0, 0.05) is 11.3 Å². The summed E-state index contributed by atoms with van der Waals surface area (Å²) in [6.45, 7) is 1.82. The molecule has 0 fully saturated rings. The van der Waals surface area contributed by atoms with Crippen LogP contribution in [0.5, 0.6) is 5.75 Å². The minimum Gasteiger partial charge on any atom is -0.507 e. The lowest BCUT2D eigenvalue weighted by Crippen LogP contribution is -2.02. The third kappa shape index (κ3) is 2.81. The highest BCUT2D eigenvalue weighted by Crippen LogP contribution is 2.30. The van der Waals surface area contributed by atoms with Crippen molar-refractivity contribution in [3.05, 3.63) is 77.7 Å². The fraction of sp³-hybridized carbons (Fsp3) is 0.111. The number of nitrogens with zero attached hydrogens (tertiary/aromatic N) is 2. The molecule has 3 aromatic rings. The molecule has 0 bridgehead atoms. The van der Waals surface area contributed by atoms with Crippen molar-refractivity contribution < 1.29 is 9.50 Å². The molecule has 0 saturated carbocycles. The predicted molar refractivity (Wildman–Crippen MR) is 83.3 cm³/mol. The molecule has 1 N–H and O–H groups in total. The van der Waals surface area contributed by atoms with E-state index in [1.807, 2.05) is 13.0 Å². The van der Waals surface area contributed by atoms with Gasteiger partial charge in [-0.2, -0.15) is 0 Å². The minimum absolute atomic E-state index is 0.122. The smallest absolute Gasteiger partial charge is 0.184 e. The lowest BCUT2D eigenvalue weighted by Gasteiger charge is -2.10. The molecule has 22 heavy (non-hydrogen) atoms. The Morgan fingerprint density at radius 2 is 1.55 bits per heavy atom. The molecule has 1 unspecified atom stereocenters. The third-order valence-electron chi connectivity index (χ3n) is 3.38. The Bertz CT molecular complexity index is 804. The average Bonchev–Trinajstić information content (AvgIpc) is 2.55. The first-order valence-electron chi connectivity index (χ1n) is 6.98. The molecule has 1 atom stereocenters. The van der Waals surface area contributed by atoms with Gasteiger partial charge < -0.3 is 5.11 Å². The van der Waals surface area contributed by atoms with E-state index in [0.29, 0.717) is 17.0 Å². The first-order chi connectivity index (χ1) is 10.6. The van der Waals surface area contributed by atoms with E-state index in [2.05, 4.69) is 9.97 Å². The molecule has 2 aromatic heterocycles. The van der Waals surface area contributed by atoms with E-state index in [1.54, 1.807) is 54.6 Å². The summed E-state index contributed by atoms with van der Waals surface area (Å²) in [5.41, 5.74) is 2.48. The lowest BCUT2D eigenvalue weighted by molar-refractivity contribution is 0.384. The van der Waals surface area contributed by atoms with Crippen LogP contribution in [0.1, 0.15) is 23.3 Å². The SMILES string of the molecule is Cc1cccc(C(F)c2cccc(-c3ccccc3O)n2)n1. The van der Waals surface area contributed by atoms with Gasteiger partial charge in [0.1, 0.15) is 5.75 Å². The number of pyridine rings is 2. The van der Waals surface area contributed by atoms with Gasteiger partial charge in [0.25, 0.3) is 0 Å². The molecule has 2 heterocycles. The molecule has 0 aliphatic carbocycles. The number of aromatic hydroxyl groups is 1. The number of para-hydroxylation sites is 1. The van der Waals surface area contributed by atoms with Crippen molar-refractivity contribution in [2.75, 3.05) is 0 Å². The molecule has 0 spiro atoms. The number of aromatic nitrogens is 2. The highest BCUT2D eigenvalue weighted by atomic mass is 19.1. The van der Waals surface area contributed by atoms with Crippen molar-refractivity contribution >= 4 is 0 Å². The van der Waals surface area contributed by atoms with Crippen LogP contribution in [0.3, 0.4) is 0 Å². The van der Waals surface area contributed by atoms with Crippen LogP contribution in [-0.4, -0.2) is 15.1 Å². The maximum Gasteiger partial charge on any atom is 0.184 e. The van der Waals surface area contributed by atoms with Gasteiger partial charge in [-0.25, -0.2) is 9.37 Å². The molecule has 0 aliphatic rings. The van der Waals surface area contributed by atoms with Crippen molar-refractivity contribution in [1.82, 2.24) is 9.97 Å². The second-order valence-corrected chi connectivity index (χ2v) is 5.03. The molecule has 3 rings (SSSR count). The van der Waals surface area contributed by atoms with Gasteiger partial charge in [0.2, 0.25) is 0 Å². The van der Waals surface area contributed by atoms with Gasteiger partial charge in [-0.1, -0.05) is 24.3 Å². The summed E-state index contributed by atoms with van der Waals surface area (Å²) < 4.78 is 14.7. The topological polar surface area (TPSA) is 46.0 Å². The van der Waals surface area contributed by atoms with Crippen LogP contribution < -0.4 is 0 Å². The molecule has 4 heteroatoms. The van der Waals surface area contributed by atoms with Gasteiger partial charge in [0.15, 0.2) is 6.17 Å². The molecule has 0 amide bonds. The van der Waals surface area contributed by atoms with Gasteiger partial charge in [-0.15, -0.1) is 0 Å². The molecule has 3 nitrogen and oxygen atoms in total. The average molecular weight is 294 g/mol. The Labute approximate surface area is 128 Å². The van der Waals surface area contributed by atoms with E-state index >= 15 is 0 Å². The molecule has 1 aromatic carbocycles. The third-order valence-corrected chi connectivity index (χ3v) is 3.38. The molecule has 0 aliphatic heterocycles. The minimum atomic E-state index is -1.40. The lowest BCUT2D eigenvalue weighted by atomic mass is 10.1. The monoisotopic (exact) mass is 294 g/mol. The second kappa shape index (κ2) is 5.93. The summed E-state index contributed by atoms with van der Waals surface area (Å²) in [6, 6.07) is 17.2. The van der Waals surface area contributed by atoms with Crippen LogP contribution in [0.4, 0.5) is 4.39 Å². The Kier molecular flexibility index (Phi) is 3.83. The summed E-state index contributed by atoms with van der Waals surface area (Å²) in [7, 11) is 0. The van der Waals surface area contributed by atoms with Crippen LogP contribution in [0.15, 0.2) is 60.7 Å². The van der Waals surface area contributed by atoms with E-state index in [0.717, 1.165) is 5.69 Å². The predicted octanol–water partition coefficient (Wildman–Crippen LogP) is 4.22. The summed E-state index contributed by atoms with van der Waals surface area (Å²) in [5, 5.41) is 9.90. The summed E-state index contributed by atoms with van der Waals surface area (Å²) in [6.07, 6.45) is -1.40. The zero-order valence-electron chi connectivity index (χ0n) is 12.1. The fourth-order valence-electron chi connectivity index (χ4n) is 2.29. The number of aryl methyl sites for hydroxylation is 1. The molecular weight excluding hydrogens is 279 g/mol. The number of phenolic OH excluding ortho intramolecular Hbond substituents is 1. The van der Waals surface area contributed by atoms with Crippen molar-refractivity contribution in [2.45, 2.75) is 13.1 Å². The van der Waals surface area contributed by atoms with E-state index < -0.39 is 6.17 Å². The zero-order valence-corrected chi connectivity index (χ0v) is 12.1. The van der Waals surface area contributed by atoms with Gasteiger partial charge in [0.05, 0.1) is 17.1 Å². The van der Waals surface area contributed by atoms with Gasteiger partial charge in [-0.3, -0.25) is 4.98 Å². The largest absolute Gasteiger partial charge is 0.507 e. The van der Waals surface area contributed by atoms with Gasteiger partial charge in [-0.05, 0) is 43.3 Å². The number of benzene rings is 1. The number of phenols is 1. The number of halogens is 1.